The molecule has 3 rings (SSSR count). The standard InChI is InChI=1S/C15H10N2O5S/c1-21-12-5-4-9(8-11(12)17(19)20)7-10-15(18)22-14(16-10)13-3-2-6-23-13/h2-8H,1H3/b10-7+. The van der Waals surface area contributed by atoms with E-state index in [2.05, 4.69) is 4.99 Å². The van der Waals surface area contributed by atoms with Gasteiger partial charge in [-0.15, -0.1) is 11.3 Å². The molecular formula is C15H10N2O5S. The molecule has 1 aliphatic rings. The van der Waals surface area contributed by atoms with Gasteiger partial charge in [0.25, 0.3) is 0 Å². The third-order valence-corrected chi connectivity index (χ3v) is 3.91. The molecule has 1 aromatic heterocycles. The highest BCUT2D eigenvalue weighted by Crippen LogP contribution is 2.29. The number of thiophene rings is 1. The highest BCUT2D eigenvalue weighted by molar-refractivity contribution is 7.12. The van der Waals surface area contributed by atoms with E-state index in [1.807, 2.05) is 11.4 Å². The van der Waals surface area contributed by atoms with Gasteiger partial charge in [-0.25, -0.2) is 9.79 Å². The number of nitrogens with zero attached hydrogens (tertiary/aromatic N) is 2. The SMILES string of the molecule is COc1ccc(/C=C2/N=C(c3cccs3)OC2=O)cc1[N+](=O)[O-]. The Morgan fingerprint density at radius 2 is 2.22 bits per heavy atom. The Labute approximate surface area is 134 Å². The fourth-order valence-electron chi connectivity index (χ4n) is 2.01. The van der Waals surface area contributed by atoms with E-state index in [9.17, 15) is 14.9 Å². The van der Waals surface area contributed by atoms with Crippen LogP contribution < -0.4 is 4.74 Å². The number of benzene rings is 1. The lowest BCUT2D eigenvalue weighted by Crippen LogP contribution is -2.03. The fourth-order valence-corrected chi connectivity index (χ4v) is 2.66. The predicted molar refractivity (Wildman–Crippen MR) is 84.6 cm³/mol. The number of nitro benzene ring substituents is 1. The minimum absolute atomic E-state index is 0.0906. The third kappa shape index (κ3) is 2.97. The van der Waals surface area contributed by atoms with E-state index in [0.717, 1.165) is 4.88 Å². The molecule has 0 atom stereocenters. The summed E-state index contributed by atoms with van der Waals surface area (Å²) in [6.45, 7) is 0. The summed E-state index contributed by atoms with van der Waals surface area (Å²) in [6, 6.07) is 8.00. The summed E-state index contributed by atoms with van der Waals surface area (Å²) in [7, 11) is 1.35. The molecule has 0 radical (unpaired) electrons. The Kier molecular flexibility index (Phi) is 3.90. The van der Waals surface area contributed by atoms with E-state index in [0.29, 0.717) is 5.56 Å². The minimum atomic E-state index is -0.591. The van der Waals surface area contributed by atoms with Crippen molar-refractivity contribution in [3.63, 3.8) is 0 Å². The molecule has 1 aliphatic heterocycles. The number of carbonyl (C=O) groups is 1. The molecule has 0 saturated heterocycles. The quantitative estimate of drug-likeness (QED) is 0.372. The van der Waals surface area contributed by atoms with Crippen molar-refractivity contribution in [3.05, 3.63) is 62.0 Å². The molecule has 8 heteroatoms. The number of carbonyl (C=O) groups excluding carboxylic acids is 1. The minimum Gasteiger partial charge on any atom is -0.490 e. The van der Waals surface area contributed by atoms with Crippen LogP contribution in [0.3, 0.4) is 0 Å². The van der Waals surface area contributed by atoms with Crippen molar-refractivity contribution in [2.45, 2.75) is 0 Å². The van der Waals surface area contributed by atoms with Gasteiger partial charge in [0, 0.05) is 6.07 Å². The molecule has 23 heavy (non-hydrogen) atoms. The highest BCUT2D eigenvalue weighted by Gasteiger charge is 2.25. The lowest BCUT2D eigenvalue weighted by atomic mass is 10.1. The Balaban J connectivity index is 1.97. The van der Waals surface area contributed by atoms with Crippen LogP contribution in [0.5, 0.6) is 5.75 Å². The number of ether oxygens (including phenoxy) is 2. The van der Waals surface area contributed by atoms with Crippen molar-refractivity contribution in [2.24, 2.45) is 4.99 Å². The van der Waals surface area contributed by atoms with Gasteiger partial charge in [0.15, 0.2) is 11.4 Å². The number of cyclic esters (lactones) is 1. The molecule has 7 nitrogen and oxygen atoms in total. The normalized spacial score (nSPS) is 15.4. The summed E-state index contributed by atoms with van der Waals surface area (Å²) in [5.41, 5.74) is 0.365. The van der Waals surface area contributed by atoms with Crippen LogP contribution >= 0.6 is 11.3 Å². The molecule has 0 spiro atoms. The van der Waals surface area contributed by atoms with Gasteiger partial charge in [0.2, 0.25) is 5.90 Å². The van der Waals surface area contributed by atoms with Crippen LogP contribution in [0.15, 0.2) is 46.4 Å². The predicted octanol–water partition coefficient (Wildman–Crippen LogP) is 3.01. The first kappa shape index (κ1) is 14.9. The number of hydrogen-bond donors (Lipinski definition) is 0. The first-order chi connectivity index (χ1) is 11.1. The second kappa shape index (κ2) is 6.01. The molecule has 2 heterocycles. The summed E-state index contributed by atoms with van der Waals surface area (Å²) >= 11 is 1.40. The Morgan fingerprint density at radius 1 is 1.39 bits per heavy atom. The zero-order valence-electron chi connectivity index (χ0n) is 11.9. The van der Waals surface area contributed by atoms with E-state index in [-0.39, 0.29) is 23.0 Å². The van der Waals surface area contributed by atoms with Crippen molar-refractivity contribution in [2.75, 3.05) is 7.11 Å². The molecule has 1 aromatic carbocycles. The molecule has 0 bridgehead atoms. The zero-order valence-corrected chi connectivity index (χ0v) is 12.7. The summed E-state index contributed by atoms with van der Waals surface area (Å²) in [5.74, 6) is -0.208. The maximum atomic E-state index is 11.9. The Bertz CT molecular complexity index is 840. The molecule has 0 saturated carbocycles. The molecule has 0 aliphatic carbocycles. The summed E-state index contributed by atoms with van der Waals surface area (Å²) in [5, 5.41) is 12.9. The molecule has 0 unspecified atom stereocenters. The van der Waals surface area contributed by atoms with Gasteiger partial charge in [-0.1, -0.05) is 12.1 Å². The second-order valence-electron chi connectivity index (χ2n) is 4.50. The highest BCUT2D eigenvalue weighted by atomic mass is 32.1. The van der Waals surface area contributed by atoms with Crippen LogP contribution in [-0.2, 0) is 9.53 Å². The van der Waals surface area contributed by atoms with Gasteiger partial charge in [-0.3, -0.25) is 10.1 Å². The largest absolute Gasteiger partial charge is 0.490 e. The van der Waals surface area contributed by atoms with Crippen LogP contribution in [0.2, 0.25) is 0 Å². The van der Waals surface area contributed by atoms with E-state index in [1.165, 1.54) is 36.7 Å². The smallest absolute Gasteiger partial charge is 0.363 e. The van der Waals surface area contributed by atoms with Crippen LogP contribution in [-0.4, -0.2) is 23.9 Å². The van der Waals surface area contributed by atoms with Crippen LogP contribution in [0.4, 0.5) is 5.69 Å². The maximum absolute atomic E-state index is 11.9. The van der Waals surface area contributed by atoms with Crippen LogP contribution in [0.25, 0.3) is 6.08 Å². The van der Waals surface area contributed by atoms with Gasteiger partial charge in [-0.2, -0.15) is 0 Å². The molecule has 0 N–H and O–H groups in total. The maximum Gasteiger partial charge on any atom is 0.363 e. The molecule has 0 fully saturated rings. The first-order valence-corrected chi connectivity index (χ1v) is 7.35. The van der Waals surface area contributed by atoms with Crippen molar-refractivity contribution in [3.8, 4) is 5.75 Å². The molecule has 2 aromatic rings. The van der Waals surface area contributed by atoms with Crippen molar-refractivity contribution < 1.29 is 19.2 Å². The number of esters is 1. The Morgan fingerprint density at radius 3 is 2.87 bits per heavy atom. The first-order valence-electron chi connectivity index (χ1n) is 6.47. The van der Waals surface area contributed by atoms with Crippen LogP contribution in [0, 0.1) is 10.1 Å². The van der Waals surface area contributed by atoms with E-state index >= 15 is 0 Å². The average Bonchev–Trinajstić information content (AvgIpc) is 3.17. The summed E-state index contributed by atoms with van der Waals surface area (Å²) in [6.07, 6.45) is 1.44. The van der Waals surface area contributed by atoms with Crippen molar-refractivity contribution in [1.82, 2.24) is 0 Å². The third-order valence-electron chi connectivity index (χ3n) is 3.06. The monoisotopic (exact) mass is 330 g/mol. The number of methoxy groups -OCH3 is 1. The number of rotatable bonds is 4. The van der Waals surface area contributed by atoms with E-state index < -0.39 is 10.9 Å². The average molecular weight is 330 g/mol. The topological polar surface area (TPSA) is 91.0 Å². The number of hydrogen-bond acceptors (Lipinski definition) is 7. The van der Waals surface area contributed by atoms with Crippen molar-refractivity contribution in [1.29, 1.82) is 0 Å². The molecule has 116 valence electrons. The second-order valence-corrected chi connectivity index (χ2v) is 5.45. The summed E-state index contributed by atoms with van der Waals surface area (Å²) < 4.78 is 10.0. The fraction of sp³-hybridized carbons (Fsp3) is 0.0667. The number of aliphatic imine (C=N–C) groups is 1. The van der Waals surface area contributed by atoms with E-state index in [4.69, 9.17) is 9.47 Å². The Hall–Kier alpha value is -3.00. The van der Waals surface area contributed by atoms with Gasteiger partial charge < -0.3 is 9.47 Å². The summed E-state index contributed by atoms with van der Waals surface area (Å²) in [4.78, 5) is 27.2. The van der Waals surface area contributed by atoms with Crippen LogP contribution in [0.1, 0.15) is 10.4 Å². The van der Waals surface area contributed by atoms with Gasteiger partial charge >= 0.3 is 11.7 Å². The number of nitro groups is 1. The van der Waals surface area contributed by atoms with Gasteiger partial charge in [0.05, 0.1) is 16.9 Å². The van der Waals surface area contributed by atoms with E-state index in [1.54, 1.807) is 12.1 Å². The molecule has 0 amide bonds. The molecular weight excluding hydrogens is 320 g/mol. The van der Waals surface area contributed by atoms with Gasteiger partial charge in [-0.05, 0) is 29.2 Å². The lowest BCUT2D eigenvalue weighted by molar-refractivity contribution is -0.385. The zero-order chi connectivity index (χ0) is 16.4. The lowest BCUT2D eigenvalue weighted by Gasteiger charge is -2.02. The van der Waals surface area contributed by atoms with Crippen molar-refractivity contribution >= 4 is 35.0 Å². The van der Waals surface area contributed by atoms with Gasteiger partial charge in [0.1, 0.15) is 0 Å².